The van der Waals surface area contributed by atoms with Gasteiger partial charge >= 0.3 is 0 Å². The molecule has 1 saturated heterocycles. The molecule has 2 atom stereocenters. The van der Waals surface area contributed by atoms with Gasteiger partial charge in [-0.2, -0.15) is 0 Å². The van der Waals surface area contributed by atoms with Crippen LogP contribution in [0.2, 0.25) is 0 Å². The first-order valence-corrected chi connectivity index (χ1v) is 5.77. The van der Waals surface area contributed by atoms with Crippen LogP contribution in [-0.4, -0.2) is 38.0 Å². The molecule has 1 N–H and O–H groups in total. The largest absolute Gasteiger partial charge is 0.384 e. The van der Waals surface area contributed by atoms with Gasteiger partial charge in [-0.25, -0.2) is 0 Å². The van der Waals surface area contributed by atoms with Crippen LogP contribution in [0.1, 0.15) is 12.5 Å². The van der Waals surface area contributed by atoms with Gasteiger partial charge in [0, 0.05) is 27.0 Å². The summed E-state index contributed by atoms with van der Waals surface area (Å²) in [6.45, 7) is 1.21. The van der Waals surface area contributed by atoms with E-state index in [9.17, 15) is 4.79 Å². The SMILES string of the molecule is CNc1cccn([C@H]2CCOC[C@H]2OC)c1=O. The fourth-order valence-electron chi connectivity index (χ4n) is 2.21. The van der Waals surface area contributed by atoms with Crippen LogP contribution < -0.4 is 10.9 Å². The quantitative estimate of drug-likeness (QED) is 0.849. The molecule has 0 bridgehead atoms. The summed E-state index contributed by atoms with van der Waals surface area (Å²) in [5, 5.41) is 2.90. The van der Waals surface area contributed by atoms with Crippen molar-refractivity contribution >= 4 is 5.69 Å². The Labute approximate surface area is 100 Å². The number of pyridine rings is 1. The van der Waals surface area contributed by atoms with E-state index in [1.54, 1.807) is 24.8 Å². The molecule has 0 saturated carbocycles. The lowest BCUT2D eigenvalue weighted by molar-refractivity contribution is -0.0609. The lowest BCUT2D eigenvalue weighted by Gasteiger charge is -2.31. The van der Waals surface area contributed by atoms with E-state index in [2.05, 4.69) is 5.32 Å². The summed E-state index contributed by atoms with van der Waals surface area (Å²) >= 11 is 0. The zero-order valence-corrected chi connectivity index (χ0v) is 10.2. The number of nitrogens with zero attached hydrogens (tertiary/aromatic N) is 1. The van der Waals surface area contributed by atoms with Crippen LogP contribution in [0.25, 0.3) is 0 Å². The van der Waals surface area contributed by atoms with E-state index in [1.807, 2.05) is 12.3 Å². The fraction of sp³-hybridized carbons (Fsp3) is 0.583. The van der Waals surface area contributed by atoms with Gasteiger partial charge in [-0.15, -0.1) is 0 Å². The molecule has 0 radical (unpaired) electrons. The summed E-state index contributed by atoms with van der Waals surface area (Å²) in [7, 11) is 3.40. The number of nitrogens with one attached hydrogen (secondary N) is 1. The van der Waals surface area contributed by atoms with Gasteiger partial charge in [0.15, 0.2) is 0 Å². The Morgan fingerprint density at radius 3 is 3.12 bits per heavy atom. The van der Waals surface area contributed by atoms with E-state index >= 15 is 0 Å². The van der Waals surface area contributed by atoms with Crippen LogP contribution in [0, 0.1) is 0 Å². The molecule has 0 aromatic carbocycles. The number of hydrogen-bond donors (Lipinski definition) is 1. The number of ether oxygens (including phenoxy) is 2. The van der Waals surface area contributed by atoms with Gasteiger partial charge in [-0.1, -0.05) is 0 Å². The second kappa shape index (κ2) is 5.33. The van der Waals surface area contributed by atoms with Crippen molar-refractivity contribution in [3.05, 3.63) is 28.7 Å². The Morgan fingerprint density at radius 2 is 2.41 bits per heavy atom. The van der Waals surface area contributed by atoms with Gasteiger partial charge in [0.1, 0.15) is 11.8 Å². The summed E-state index contributed by atoms with van der Waals surface area (Å²) in [5.41, 5.74) is 0.595. The minimum Gasteiger partial charge on any atom is -0.384 e. The molecule has 1 fully saturated rings. The molecule has 0 unspecified atom stereocenters. The third-order valence-corrected chi connectivity index (χ3v) is 3.17. The zero-order valence-electron chi connectivity index (χ0n) is 10.2. The van der Waals surface area contributed by atoms with E-state index in [4.69, 9.17) is 9.47 Å². The fourth-order valence-corrected chi connectivity index (χ4v) is 2.21. The smallest absolute Gasteiger partial charge is 0.274 e. The van der Waals surface area contributed by atoms with Crippen LogP contribution in [0.3, 0.4) is 0 Å². The van der Waals surface area contributed by atoms with Gasteiger partial charge in [0.2, 0.25) is 0 Å². The van der Waals surface area contributed by atoms with E-state index in [-0.39, 0.29) is 17.7 Å². The molecule has 94 valence electrons. The van der Waals surface area contributed by atoms with Crippen molar-refractivity contribution in [1.29, 1.82) is 0 Å². The standard InChI is InChI=1S/C12H18N2O3/c1-13-9-4-3-6-14(12(9)15)10-5-7-17-8-11(10)16-2/h3-4,6,10-11,13H,5,7-8H2,1-2H3/t10-,11+/m0/s1. The second-order valence-electron chi connectivity index (χ2n) is 4.09. The van der Waals surface area contributed by atoms with Crippen molar-refractivity contribution in [3.8, 4) is 0 Å². The van der Waals surface area contributed by atoms with E-state index in [0.29, 0.717) is 18.9 Å². The molecule has 1 aromatic rings. The Balaban J connectivity index is 2.35. The summed E-state index contributed by atoms with van der Waals surface area (Å²) in [6.07, 6.45) is 2.55. The first kappa shape index (κ1) is 12.1. The molecule has 2 heterocycles. The Morgan fingerprint density at radius 1 is 1.59 bits per heavy atom. The number of anilines is 1. The second-order valence-corrected chi connectivity index (χ2v) is 4.09. The maximum Gasteiger partial charge on any atom is 0.274 e. The first-order chi connectivity index (χ1) is 8.27. The summed E-state index contributed by atoms with van der Waals surface area (Å²) in [4.78, 5) is 12.2. The average molecular weight is 238 g/mol. The molecule has 5 heteroatoms. The zero-order chi connectivity index (χ0) is 12.3. The van der Waals surface area contributed by atoms with Crippen LogP contribution >= 0.6 is 0 Å². The number of hydrogen-bond acceptors (Lipinski definition) is 4. The van der Waals surface area contributed by atoms with Crippen molar-refractivity contribution in [2.75, 3.05) is 32.7 Å². The van der Waals surface area contributed by atoms with Crippen molar-refractivity contribution in [1.82, 2.24) is 4.57 Å². The highest BCUT2D eigenvalue weighted by atomic mass is 16.5. The van der Waals surface area contributed by atoms with Crippen LogP contribution in [0.5, 0.6) is 0 Å². The molecule has 1 aromatic heterocycles. The minimum absolute atomic E-state index is 0.0102. The normalized spacial score (nSPS) is 24.6. The van der Waals surface area contributed by atoms with Crippen molar-refractivity contribution in [3.63, 3.8) is 0 Å². The molecule has 1 aliphatic heterocycles. The highest BCUT2D eigenvalue weighted by Crippen LogP contribution is 2.22. The maximum atomic E-state index is 12.2. The molecule has 1 aliphatic rings. The van der Waals surface area contributed by atoms with Crippen LogP contribution in [0.4, 0.5) is 5.69 Å². The Hall–Kier alpha value is -1.33. The molecular weight excluding hydrogens is 220 g/mol. The van der Waals surface area contributed by atoms with Gasteiger partial charge in [-0.05, 0) is 18.6 Å². The lowest BCUT2D eigenvalue weighted by atomic mass is 10.1. The summed E-state index contributed by atoms with van der Waals surface area (Å²) in [5.74, 6) is 0. The first-order valence-electron chi connectivity index (χ1n) is 5.77. The predicted octanol–water partition coefficient (Wildman–Crippen LogP) is 0.866. The van der Waals surface area contributed by atoms with Gasteiger partial charge in [0.05, 0.1) is 12.6 Å². The molecule has 17 heavy (non-hydrogen) atoms. The topological polar surface area (TPSA) is 52.5 Å². The van der Waals surface area contributed by atoms with Gasteiger partial charge < -0.3 is 19.4 Å². The lowest BCUT2D eigenvalue weighted by Crippen LogP contribution is -2.40. The van der Waals surface area contributed by atoms with Crippen LogP contribution in [0.15, 0.2) is 23.1 Å². The third kappa shape index (κ3) is 2.35. The monoisotopic (exact) mass is 238 g/mol. The van der Waals surface area contributed by atoms with Gasteiger partial charge in [0.25, 0.3) is 5.56 Å². The number of methoxy groups -OCH3 is 1. The van der Waals surface area contributed by atoms with Crippen molar-refractivity contribution < 1.29 is 9.47 Å². The highest BCUT2D eigenvalue weighted by Gasteiger charge is 2.27. The highest BCUT2D eigenvalue weighted by molar-refractivity contribution is 5.39. The number of aromatic nitrogens is 1. The van der Waals surface area contributed by atoms with Crippen LogP contribution in [-0.2, 0) is 9.47 Å². The minimum atomic E-state index is -0.0615. The van der Waals surface area contributed by atoms with Crippen molar-refractivity contribution in [2.45, 2.75) is 18.6 Å². The van der Waals surface area contributed by atoms with Gasteiger partial charge in [-0.3, -0.25) is 4.79 Å². The maximum absolute atomic E-state index is 12.2. The molecule has 0 aliphatic carbocycles. The Kier molecular flexibility index (Phi) is 3.81. The van der Waals surface area contributed by atoms with E-state index in [0.717, 1.165) is 6.42 Å². The van der Waals surface area contributed by atoms with Crippen molar-refractivity contribution in [2.24, 2.45) is 0 Å². The third-order valence-electron chi connectivity index (χ3n) is 3.17. The number of rotatable bonds is 3. The van der Waals surface area contributed by atoms with E-state index < -0.39 is 0 Å². The summed E-state index contributed by atoms with van der Waals surface area (Å²) in [6, 6.07) is 3.70. The molecule has 2 rings (SSSR count). The Bertz CT molecular complexity index is 430. The van der Waals surface area contributed by atoms with E-state index in [1.165, 1.54) is 0 Å². The molecule has 0 spiro atoms. The predicted molar refractivity (Wildman–Crippen MR) is 65.5 cm³/mol. The summed E-state index contributed by atoms with van der Waals surface area (Å²) < 4.78 is 12.5. The molecular formula is C12H18N2O3. The molecule has 5 nitrogen and oxygen atoms in total. The average Bonchev–Trinajstić information content (AvgIpc) is 2.39. The molecule has 0 amide bonds.